The second kappa shape index (κ2) is 6.77. The molecule has 0 radical (unpaired) electrons. The second-order valence-electron chi connectivity index (χ2n) is 5.22. The number of ether oxygens (including phenoxy) is 1. The van der Waals surface area contributed by atoms with E-state index in [1.807, 2.05) is 30.3 Å². The zero-order valence-electron chi connectivity index (χ0n) is 12.6. The smallest absolute Gasteiger partial charge is 0.128 e. The maximum absolute atomic E-state index is 6.05. The van der Waals surface area contributed by atoms with Crippen LogP contribution in [0.1, 0.15) is 16.0 Å². The first-order valence-corrected chi connectivity index (χ1v) is 8.14. The molecule has 0 aliphatic carbocycles. The van der Waals surface area contributed by atoms with Gasteiger partial charge in [0.15, 0.2) is 0 Å². The third-order valence-electron chi connectivity index (χ3n) is 3.52. The van der Waals surface area contributed by atoms with Crippen LogP contribution in [0, 0.1) is 6.92 Å². The summed E-state index contributed by atoms with van der Waals surface area (Å²) in [5, 5.41) is 0. The van der Waals surface area contributed by atoms with Gasteiger partial charge in [-0.25, -0.2) is 0 Å². The van der Waals surface area contributed by atoms with Gasteiger partial charge in [0.05, 0.1) is 0 Å². The van der Waals surface area contributed by atoms with Gasteiger partial charge in [0.25, 0.3) is 0 Å². The van der Waals surface area contributed by atoms with Crippen molar-refractivity contribution in [2.24, 2.45) is 5.73 Å². The summed E-state index contributed by atoms with van der Waals surface area (Å²) < 4.78 is 6.05. The normalized spacial score (nSPS) is 10.6. The highest BCUT2D eigenvalue weighted by Gasteiger charge is 2.10. The number of benzene rings is 2. The Bertz CT molecular complexity index is 749. The molecule has 0 atom stereocenters. The van der Waals surface area contributed by atoms with Gasteiger partial charge in [-0.15, -0.1) is 11.3 Å². The largest absolute Gasteiger partial charge is 0.488 e. The van der Waals surface area contributed by atoms with Gasteiger partial charge < -0.3 is 10.5 Å². The molecule has 0 fully saturated rings. The van der Waals surface area contributed by atoms with Crippen molar-refractivity contribution >= 4 is 11.3 Å². The summed E-state index contributed by atoms with van der Waals surface area (Å²) in [5.41, 5.74) is 9.19. The van der Waals surface area contributed by atoms with Crippen molar-refractivity contribution in [2.45, 2.75) is 20.1 Å². The number of rotatable bonds is 5. The number of hydrogen-bond acceptors (Lipinski definition) is 3. The molecule has 1 aromatic heterocycles. The third kappa shape index (κ3) is 3.38. The quantitative estimate of drug-likeness (QED) is 0.737. The van der Waals surface area contributed by atoms with Crippen molar-refractivity contribution < 1.29 is 4.74 Å². The zero-order chi connectivity index (χ0) is 15.4. The minimum atomic E-state index is 0.538. The fourth-order valence-electron chi connectivity index (χ4n) is 2.34. The summed E-state index contributed by atoms with van der Waals surface area (Å²) in [5.74, 6) is 0.905. The highest BCUT2D eigenvalue weighted by atomic mass is 32.1. The molecule has 0 saturated carbocycles. The minimum Gasteiger partial charge on any atom is -0.488 e. The summed E-state index contributed by atoms with van der Waals surface area (Å²) in [6, 6.07) is 20.7. The standard InChI is InChI=1S/C19H19NOS/c1-14-7-10-19(22-14)17-11-16(12-20)8-9-18(17)21-13-15-5-3-2-4-6-15/h2-11H,12-13,20H2,1H3. The lowest BCUT2D eigenvalue weighted by molar-refractivity contribution is 0.307. The van der Waals surface area contributed by atoms with Crippen LogP contribution in [0.15, 0.2) is 60.7 Å². The van der Waals surface area contributed by atoms with Gasteiger partial charge in [-0.1, -0.05) is 36.4 Å². The predicted molar refractivity (Wildman–Crippen MR) is 93.2 cm³/mol. The Morgan fingerprint density at radius 2 is 1.77 bits per heavy atom. The highest BCUT2D eigenvalue weighted by Crippen LogP contribution is 2.36. The number of hydrogen-bond donors (Lipinski definition) is 1. The monoisotopic (exact) mass is 309 g/mol. The van der Waals surface area contributed by atoms with E-state index in [1.165, 1.54) is 15.3 Å². The van der Waals surface area contributed by atoms with Crippen molar-refractivity contribution in [3.8, 4) is 16.2 Å². The van der Waals surface area contributed by atoms with Gasteiger partial charge >= 0.3 is 0 Å². The first-order valence-electron chi connectivity index (χ1n) is 7.33. The molecule has 2 aromatic carbocycles. The van der Waals surface area contributed by atoms with Crippen LogP contribution in [0.4, 0.5) is 0 Å². The molecule has 0 bridgehead atoms. The number of aryl methyl sites for hydroxylation is 1. The Hall–Kier alpha value is -2.10. The van der Waals surface area contributed by atoms with Crippen molar-refractivity contribution in [2.75, 3.05) is 0 Å². The Labute approximate surface area is 135 Å². The maximum Gasteiger partial charge on any atom is 0.128 e. The van der Waals surface area contributed by atoms with Crippen LogP contribution >= 0.6 is 11.3 Å². The van der Waals surface area contributed by atoms with E-state index in [1.54, 1.807) is 11.3 Å². The van der Waals surface area contributed by atoms with Gasteiger partial charge in [0.1, 0.15) is 12.4 Å². The number of thiophene rings is 1. The summed E-state index contributed by atoms with van der Waals surface area (Å²) in [4.78, 5) is 2.51. The van der Waals surface area contributed by atoms with Crippen molar-refractivity contribution in [1.29, 1.82) is 0 Å². The van der Waals surface area contributed by atoms with Crippen molar-refractivity contribution in [1.82, 2.24) is 0 Å². The van der Waals surface area contributed by atoms with Gasteiger partial charge in [-0.05, 0) is 42.3 Å². The average Bonchev–Trinajstić information content (AvgIpc) is 3.00. The molecule has 3 aromatic rings. The molecular weight excluding hydrogens is 290 g/mol. The topological polar surface area (TPSA) is 35.2 Å². The zero-order valence-corrected chi connectivity index (χ0v) is 13.4. The molecule has 0 spiro atoms. The molecule has 2 N–H and O–H groups in total. The molecule has 0 aliphatic heterocycles. The fraction of sp³-hybridized carbons (Fsp3) is 0.158. The van der Waals surface area contributed by atoms with Crippen molar-refractivity contribution in [3.05, 3.63) is 76.7 Å². The number of nitrogens with two attached hydrogens (primary N) is 1. The van der Waals surface area contributed by atoms with Crippen LogP contribution in [-0.2, 0) is 13.2 Å². The van der Waals surface area contributed by atoms with E-state index in [-0.39, 0.29) is 0 Å². The van der Waals surface area contributed by atoms with Crippen LogP contribution in [0.25, 0.3) is 10.4 Å². The predicted octanol–water partition coefficient (Wildman–Crippen LogP) is 4.76. The van der Waals surface area contributed by atoms with E-state index >= 15 is 0 Å². The van der Waals surface area contributed by atoms with E-state index in [0.29, 0.717) is 13.2 Å². The molecule has 0 aliphatic rings. The van der Waals surface area contributed by atoms with Crippen LogP contribution < -0.4 is 10.5 Å². The fourth-order valence-corrected chi connectivity index (χ4v) is 3.23. The van der Waals surface area contributed by atoms with Gasteiger partial charge in [-0.3, -0.25) is 0 Å². The molecule has 112 valence electrons. The molecule has 22 heavy (non-hydrogen) atoms. The van der Waals surface area contributed by atoms with Crippen molar-refractivity contribution in [3.63, 3.8) is 0 Å². The highest BCUT2D eigenvalue weighted by molar-refractivity contribution is 7.15. The van der Waals surface area contributed by atoms with E-state index < -0.39 is 0 Å². The molecular formula is C19H19NOS. The molecule has 3 heteroatoms. The molecule has 2 nitrogen and oxygen atoms in total. The van der Waals surface area contributed by atoms with Crippen LogP contribution in [0.2, 0.25) is 0 Å². The Morgan fingerprint density at radius 3 is 2.45 bits per heavy atom. The third-order valence-corrected chi connectivity index (χ3v) is 4.56. The summed E-state index contributed by atoms with van der Waals surface area (Å²) in [6.45, 7) is 3.22. The Balaban J connectivity index is 1.89. The van der Waals surface area contributed by atoms with E-state index in [0.717, 1.165) is 16.9 Å². The van der Waals surface area contributed by atoms with Gasteiger partial charge in [-0.2, -0.15) is 0 Å². The van der Waals surface area contributed by atoms with E-state index in [2.05, 4.69) is 37.3 Å². The van der Waals surface area contributed by atoms with Crippen LogP contribution in [0.5, 0.6) is 5.75 Å². The van der Waals surface area contributed by atoms with E-state index in [4.69, 9.17) is 10.5 Å². The minimum absolute atomic E-state index is 0.538. The second-order valence-corrected chi connectivity index (χ2v) is 6.51. The molecule has 1 heterocycles. The maximum atomic E-state index is 6.05. The Kier molecular flexibility index (Phi) is 4.56. The summed E-state index contributed by atoms with van der Waals surface area (Å²) in [6.07, 6.45) is 0. The van der Waals surface area contributed by atoms with E-state index in [9.17, 15) is 0 Å². The molecule has 0 amide bonds. The first kappa shape index (κ1) is 14.8. The molecule has 0 saturated heterocycles. The summed E-state index contributed by atoms with van der Waals surface area (Å²) >= 11 is 1.78. The molecule has 3 rings (SSSR count). The lowest BCUT2D eigenvalue weighted by Crippen LogP contribution is -1.99. The summed E-state index contributed by atoms with van der Waals surface area (Å²) in [7, 11) is 0. The SMILES string of the molecule is Cc1ccc(-c2cc(CN)ccc2OCc2ccccc2)s1. The lowest BCUT2D eigenvalue weighted by atomic mass is 10.1. The Morgan fingerprint density at radius 1 is 0.955 bits per heavy atom. The van der Waals surface area contributed by atoms with Crippen LogP contribution in [-0.4, -0.2) is 0 Å². The first-order chi connectivity index (χ1) is 10.8. The lowest BCUT2D eigenvalue weighted by Gasteiger charge is -2.12. The van der Waals surface area contributed by atoms with Crippen LogP contribution in [0.3, 0.4) is 0 Å². The van der Waals surface area contributed by atoms with Gasteiger partial charge in [0, 0.05) is 21.9 Å². The molecule has 0 unspecified atom stereocenters. The average molecular weight is 309 g/mol. The van der Waals surface area contributed by atoms with Gasteiger partial charge in [0.2, 0.25) is 0 Å².